The van der Waals surface area contributed by atoms with Gasteiger partial charge in [-0.2, -0.15) is 5.10 Å². The average Bonchev–Trinajstić information content (AvgIpc) is 3.16. The van der Waals surface area contributed by atoms with Crippen molar-refractivity contribution in [3.8, 4) is 5.75 Å². The molecule has 0 aromatic heterocycles. The first-order valence-electron chi connectivity index (χ1n) is 12.6. The van der Waals surface area contributed by atoms with E-state index in [0.717, 1.165) is 30.0 Å². The number of carbonyl (C=O) groups is 2. The van der Waals surface area contributed by atoms with Crippen molar-refractivity contribution in [3.05, 3.63) is 29.8 Å². The number of esters is 1. The van der Waals surface area contributed by atoms with Crippen molar-refractivity contribution >= 4 is 23.4 Å². The second-order valence-corrected chi connectivity index (χ2v) is 8.59. The summed E-state index contributed by atoms with van der Waals surface area (Å²) in [4.78, 5) is 32.0. The van der Waals surface area contributed by atoms with Gasteiger partial charge in [0.1, 0.15) is 24.2 Å². The van der Waals surface area contributed by atoms with Gasteiger partial charge in [-0.3, -0.25) is 19.7 Å². The van der Waals surface area contributed by atoms with Gasteiger partial charge in [0.25, 0.3) is 5.91 Å². The van der Waals surface area contributed by atoms with E-state index in [9.17, 15) is 9.59 Å². The van der Waals surface area contributed by atoms with Crippen LogP contribution in [0.1, 0.15) is 52.5 Å². The number of hydrazone groups is 1. The van der Waals surface area contributed by atoms with Gasteiger partial charge in [-0.05, 0) is 38.0 Å². The zero-order valence-electron chi connectivity index (χ0n) is 21.5. The fraction of sp³-hybridized carbons (Fsp3) is 0.615. The SMILES string of the molecule is CCCC1=NN(C)C2C(=O)N(CCOc3ccc(CC(OCC)C(=O)OCC)cc3)C(CC)=NC12. The Morgan fingerprint density at radius 2 is 1.86 bits per heavy atom. The van der Waals surface area contributed by atoms with Gasteiger partial charge >= 0.3 is 5.97 Å². The van der Waals surface area contributed by atoms with Crippen LogP contribution in [0.2, 0.25) is 0 Å². The summed E-state index contributed by atoms with van der Waals surface area (Å²) in [5.41, 5.74) is 1.94. The highest BCUT2D eigenvalue weighted by atomic mass is 16.6. The number of likely N-dealkylation sites (N-methyl/N-ethyl adjacent to an activating group) is 1. The summed E-state index contributed by atoms with van der Waals surface area (Å²) in [5.74, 6) is 1.16. The number of rotatable bonds is 13. The van der Waals surface area contributed by atoms with E-state index >= 15 is 0 Å². The monoisotopic (exact) mass is 486 g/mol. The van der Waals surface area contributed by atoms with Crippen LogP contribution in [0.5, 0.6) is 5.75 Å². The summed E-state index contributed by atoms with van der Waals surface area (Å²) in [7, 11) is 1.85. The van der Waals surface area contributed by atoms with Gasteiger partial charge in [-0.1, -0.05) is 32.4 Å². The molecule has 3 rings (SSSR count). The largest absolute Gasteiger partial charge is 0.492 e. The van der Waals surface area contributed by atoms with E-state index in [1.54, 1.807) is 16.8 Å². The predicted molar refractivity (Wildman–Crippen MR) is 135 cm³/mol. The van der Waals surface area contributed by atoms with E-state index in [0.29, 0.717) is 45.0 Å². The average molecular weight is 487 g/mol. The summed E-state index contributed by atoms with van der Waals surface area (Å²) in [6, 6.07) is 7.00. The number of nitrogens with zero attached hydrogens (tertiary/aromatic N) is 4. The van der Waals surface area contributed by atoms with Crippen LogP contribution >= 0.6 is 0 Å². The summed E-state index contributed by atoms with van der Waals surface area (Å²) in [6.07, 6.45) is 2.32. The number of hydrogen-bond donors (Lipinski definition) is 0. The Morgan fingerprint density at radius 3 is 2.49 bits per heavy atom. The van der Waals surface area contributed by atoms with Crippen molar-refractivity contribution < 1.29 is 23.8 Å². The van der Waals surface area contributed by atoms with Gasteiger partial charge < -0.3 is 14.2 Å². The maximum atomic E-state index is 13.3. The molecule has 0 aliphatic carbocycles. The number of ether oxygens (including phenoxy) is 3. The minimum Gasteiger partial charge on any atom is -0.492 e. The molecular weight excluding hydrogens is 448 g/mol. The lowest BCUT2D eigenvalue weighted by Gasteiger charge is -2.35. The highest BCUT2D eigenvalue weighted by Gasteiger charge is 2.46. The van der Waals surface area contributed by atoms with Crippen LogP contribution in [0.4, 0.5) is 0 Å². The van der Waals surface area contributed by atoms with Gasteiger partial charge in [0, 0.05) is 26.5 Å². The molecule has 1 amide bonds. The van der Waals surface area contributed by atoms with Crippen molar-refractivity contribution in [2.45, 2.75) is 71.6 Å². The van der Waals surface area contributed by atoms with Crippen LogP contribution < -0.4 is 4.74 Å². The third kappa shape index (κ3) is 6.39. The fourth-order valence-electron chi connectivity index (χ4n) is 4.48. The highest BCUT2D eigenvalue weighted by Crippen LogP contribution is 2.27. The first-order valence-corrected chi connectivity index (χ1v) is 12.6. The molecule has 3 atom stereocenters. The van der Waals surface area contributed by atoms with Gasteiger partial charge in [0.2, 0.25) is 0 Å². The van der Waals surface area contributed by atoms with Gasteiger partial charge in [0.05, 0.1) is 18.9 Å². The molecule has 0 saturated heterocycles. The lowest BCUT2D eigenvalue weighted by atomic mass is 9.98. The first-order chi connectivity index (χ1) is 16.9. The Labute approximate surface area is 208 Å². The number of carbonyl (C=O) groups excluding carboxylic acids is 2. The molecule has 192 valence electrons. The molecular formula is C26H38N4O5. The molecule has 0 saturated carbocycles. The molecule has 0 radical (unpaired) electrons. The number of fused-ring (bicyclic) bond motifs is 1. The van der Waals surface area contributed by atoms with E-state index in [2.05, 4.69) is 12.0 Å². The van der Waals surface area contributed by atoms with Crippen molar-refractivity contribution in [3.63, 3.8) is 0 Å². The van der Waals surface area contributed by atoms with Gasteiger partial charge in [0.15, 0.2) is 12.1 Å². The lowest BCUT2D eigenvalue weighted by Crippen LogP contribution is -2.56. The van der Waals surface area contributed by atoms with Crippen LogP contribution in [0.25, 0.3) is 0 Å². The summed E-state index contributed by atoms with van der Waals surface area (Å²) >= 11 is 0. The summed E-state index contributed by atoms with van der Waals surface area (Å²) in [6.45, 7) is 9.28. The molecule has 0 spiro atoms. The van der Waals surface area contributed by atoms with Crippen molar-refractivity contribution in [1.29, 1.82) is 0 Å². The third-order valence-electron chi connectivity index (χ3n) is 6.12. The second-order valence-electron chi connectivity index (χ2n) is 8.59. The molecule has 0 bridgehead atoms. The van der Waals surface area contributed by atoms with Crippen LogP contribution in [-0.2, 0) is 25.5 Å². The van der Waals surface area contributed by atoms with Gasteiger partial charge in [-0.15, -0.1) is 0 Å². The van der Waals surface area contributed by atoms with Crippen molar-refractivity contribution in [2.75, 3.05) is 33.4 Å². The highest BCUT2D eigenvalue weighted by molar-refractivity contribution is 6.09. The van der Waals surface area contributed by atoms with Crippen LogP contribution in [-0.4, -0.2) is 84.9 Å². The Bertz CT molecular complexity index is 930. The molecule has 2 aliphatic rings. The Morgan fingerprint density at radius 1 is 1.11 bits per heavy atom. The minimum absolute atomic E-state index is 0.0269. The Hall–Kier alpha value is -2.94. The maximum absolute atomic E-state index is 13.3. The molecule has 1 aromatic carbocycles. The topological polar surface area (TPSA) is 93.0 Å². The standard InChI is InChI=1S/C26H38N4O5/c1-6-10-20-23-24(29(5)28-20)25(31)30(22(7-2)27-23)15-16-35-19-13-11-18(12-14-19)17-21(33-8-3)26(32)34-9-4/h11-14,21,23-24H,6-10,15-17H2,1-5H3. The normalized spacial score (nSPS) is 20.3. The van der Waals surface area contributed by atoms with E-state index in [1.165, 1.54) is 0 Å². The molecule has 2 heterocycles. The molecule has 0 N–H and O–H groups in total. The molecule has 2 aliphatic heterocycles. The van der Waals surface area contributed by atoms with Crippen LogP contribution in [0.3, 0.4) is 0 Å². The smallest absolute Gasteiger partial charge is 0.335 e. The number of amides is 1. The summed E-state index contributed by atoms with van der Waals surface area (Å²) < 4.78 is 16.6. The number of aliphatic imine (C=N–C) groups is 1. The number of amidine groups is 1. The number of benzene rings is 1. The second kappa shape index (κ2) is 12.7. The van der Waals surface area contributed by atoms with Gasteiger partial charge in [-0.25, -0.2) is 4.79 Å². The first kappa shape index (κ1) is 26.7. The predicted octanol–water partition coefficient (Wildman–Crippen LogP) is 3.07. The molecule has 9 heteroatoms. The molecule has 0 fully saturated rings. The minimum atomic E-state index is -0.622. The van der Waals surface area contributed by atoms with E-state index in [-0.39, 0.29) is 24.0 Å². The van der Waals surface area contributed by atoms with E-state index in [1.807, 2.05) is 45.2 Å². The van der Waals surface area contributed by atoms with E-state index < -0.39 is 6.10 Å². The molecule has 35 heavy (non-hydrogen) atoms. The fourth-order valence-corrected chi connectivity index (χ4v) is 4.48. The van der Waals surface area contributed by atoms with Crippen LogP contribution in [0.15, 0.2) is 34.4 Å². The zero-order valence-corrected chi connectivity index (χ0v) is 21.5. The van der Waals surface area contributed by atoms with Crippen LogP contribution in [0, 0.1) is 0 Å². The maximum Gasteiger partial charge on any atom is 0.335 e. The van der Waals surface area contributed by atoms with Crippen molar-refractivity contribution in [2.24, 2.45) is 10.1 Å². The zero-order chi connectivity index (χ0) is 25.4. The van der Waals surface area contributed by atoms with E-state index in [4.69, 9.17) is 19.2 Å². The lowest BCUT2D eigenvalue weighted by molar-refractivity contribution is -0.156. The quantitative estimate of drug-likeness (QED) is 0.398. The summed E-state index contributed by atoms with van der Waals surface area (Å²) in [5, 5.41) is 6.35. The third-order valence-corrected chi connectivity index (χ3v) is 6.12. The van der Waals surface area contributed by atoms with Crippen molar-refractivity contribution in [1.82, 2.24) is 9.91 Å². The Balaban J connectivity index is 1.58. The molecule has 9 nitrogen and oxygen atoms in total. The molecule has 1 aromatic rings. The Kier molecular flexibility index (Phi) is 9.65. The molecule has 3 unspecified atom stereocenters. The number of hydrogen-bond acceptors (Lipinski definition) is 8.